The Labute approximate surface area is 112 Å². The molecular weight excluding hydrogens is 222 g/mol. The van der Waals surface area contributed by atoms with Gasteiger partial charge in [-0.05, 0) is 43.4 Å². The van der Waals surface area contributed by atoms with E-state index < -0.39 is 0 Å². The van der Waals surface area contributed by atoms with Crippen LogP contribution in [0.5, 0.6) is 5.75 Å². The van der Waals surface area contributed by atoms with Crippen molar-refractivity contribution in [3.63, 3.8) is 0 Å². The first-order valence-electron chi connectivity index (χ1n) is 6.85. The van der Waals surface area contributed by atoms with Crippen LogP contribution >= 0.6 is 0 Å². The number of hydrogen-bond acceptors (Lipinski definition) is 2. The molecule has 0 spiro atoms. The zero-order chi connectivity index (χ0) is 13.6. The molecule has 0 aliphatic heterocycles. The summed E-state index contributed by atoms with van der Waals surface area (Å²) in [5.41, 5.74) is 7.55. The third-order valence-electron chi connectivity index (χ3n) is 3.30. The fourth-order valence-electron chi connectivity index (χ4n) is 2.21. The fourth-order valence-corrected chi connectivity index (χ4v) is 2.21. The summed E-state index contributed by atoms with van der Waals surface area (Å²) in [5.74, 6) is 1.67. The van der Waals surface area contributed by atoms with Gasteiger partial charge in [0.2, 0.25) is 0 Å². The van der Waals surface area contributed by atoms with Crippen molar-refractivity contribution in [1.29, 1.82) is 0 Å². The Morgan fingerprint density at radius 3 is 2.33 bits per heavy atom. The van der Waals surface area contributed by atoms with Gasteiger partial charge >= 0.3 is 0 Å². The van der Waals surface area contributed by atoms with E-state index in [2.05, 4.69) is 32.9 Å². The van der Waals surface area contributed by atoms with E-state index in [-0.39, 0.29) is 5.54 Å². The molecule has 0 bridgehead atoms. The summed E-state index contributed by atoms with van der Waals surface area (Å²) < 4.78 is 5.16. The molecule has 0 saturated heterocycles. The Hall–Kier alpha value is -1.02. The lowest BCUT2D eigenvalue weighted by atomic mass is 9.87. The fraction of sp³-hybridized carbons (Fsp3) is 0.625. The Morgan fingerprint density at radius 1 is 1.22 bits per heavy atom. The highest BCUT2D eigenvalue weighted by Gasteiger charge is 2.18. The van der Waals surface area contributed by atoms with Crippen LogP contribution in [-0.2, 0) is 6.42 Å². The van der Waals surface area contributed by atoms with E-state index >= 15 is 0 Å². The average molecular weight is 249 g/mol. The topological polar surface area (TPSA) is 35.2 Å². The summed E-state index contributed by atoms with van der Waals surface area (Å²) in [7, 11) is 1.69. The smallest absolute Gasteiger partial charge is 0.118 e. The van der Waals surface area contributed by atoms with Gasteiger partial charge in [0.15, 0.2) is 0 Å². The summed E-state index contributed by atoms with van der Waals surface area (Å²) in [4.78, 5) is 0. The zero-order valence-electron chi connectivity index (χ0n) is 12.2. The number of benzene rings is 1. The molecule has 1 rings (SSSR count). The van der Waals surface area contributed by atoms with Gasteiger partial charge in [0.05, 0.1) is 7.11 Å². The van der Waals surface area contributed by atoms with Crippen LogP contribution < -0.4 is 10.5 Å². The van der Waals surface area contributed by atoms with Crippen LogP contribution in [0.15, 0.2) is 24.3 Å². The van der Waals surface area contributed by atoms with E-state index in [4.69, 9.17) is 10.5 Å². The van der Waals surface area contributed by atoms with Crippen LogP contribution in [0, 0.1) is 5.92 Å². The molecule has 2 nitrogen and oxygen atoms in total. The summed E-state index contributed by atoms with van der Waals surface area (Å²) in [5, 5.41) is 0. The minimum atomic E-state index is -0.108. The van der Waals surface area contributed by atoms with Gasteiger partial charge in [-0.3, -0.25) is 0 Å². The molecule has 0 saturated carbocycles. The highest BCUT2D eigenvalue weighted by Crippen LogP contribution is 2.20. The Balaban J connectivity index is 2.47. The lowest BCUT2D eigenvalue weighted by Gasteiger charge is -2.25. The largest absolute Gasteiger partial charge is 0.497 e. The van der Waals surface area contributed by atoms with Crippen LogP contribution in [0.25, 0.3) is 0 Å². The number of nitrogens with two attached hydrogens (primary N) is 1. The van der Waals surface area contributed by atoms with Gasteiger partial charge in [0.25, 0.3) is 0 Å². The highest BCUT2D eigenvalue weighted by molar-refractivity contribution is 5.28. The third kappa shape index (κ3) is 5.54. The minimum Gasteiger partial charge on any atom is -0.497 e. The molecule has 0 heterocycles. The van der Waals surface area contributed by atoms with Crippen molar-refractivity contribution in [2.45, 2.75) is 52.0 Å². The van der Waals surface area contributed by atoms with Crippen molar-refractivity contribution >= 4 is 0 Å². The number of rotatable bonds is 7. The lowest BCUT2D eigenvalue weighted by Crippen LogP contribution is -2.38. The van der Waals surface area contributed by atoms with E-state index in [0.29, 0.717) is 0 Å². The normalized spacial score (nSPS) is 14.6. The van der Waals surface area contributed by atoms with Gasteiger partial charge < -0.3 is 10.5 Å². The molecule has 2 heteroatoms. The molecule has 102 valence electrons. The van der Waals surface area contributed by atoms with E-state index in [1.165, 1.54) is 18.4 Å². The summed E-state index contributed by atoms with van der Waals surface area (Å²) >= 11 is 0. The maximum absolute atomic E-state index is 6.37. The minimum absolute atomic E-state index is 0.108. The molecule has 0 aromatic heterocycles. The van der Waals surface area contributed by atoms with Crippen LogP contribution in [-0.4, -0.2) is 12.6 Å². The molecule has 1 atom stereocenters. The summed E-state index contributed by atoms with van der Waals surface area (Å²) in [6.07, 6.45) is 4.47. The first kappa shape index (κ1) is 15.0. The molecule has 0 amide bonds. The molecule has 1 unspecified atom stereocenters. The Kier molecular flexibility index (Phi) is 5.67. The molecule has 1 aromatic rings. The van der Waals surface area contributed by atoms with Gasteiger partial charge in [-0.15, -0.1) is 0 Å². The molecule has 2 N–H and O–H groups in total. The van der Waals surface area contributed by atoms with Gasteiger partial charge in [0, 0.05) is 5.54 Å². The van der Waals surface area contributed by atoms with E-state index in [1.54, 1.807) is 7.11 Å². The maximum atomic E-state index is 6.37. The van der Waals surface area contributed by atoms with Crippen LogP contribution in [0.3, 0.4) is 0 Å². The standard InChI is InChI=1S/C16H27NO/c1-13(2)6-5-11-16(3,17)12-14-7-9-15(18-4)10-8-14/h7-10,13H,5-6,11-12,17H2,1-4H3. The second-order valence-electron chi connectivity index (χ2n) is 5.96. The van der Waals surface area contributed by atoms with Crippen LogP contribution in [0.2, 0.25) is 0 Å². The predicted octanol–water partition coefficient (Wildman–Crippen LogP) is 3.78. The lowest BCUT2D eigenvalue weighted by molar-refractivity contribution is 0.391. The van der Waals surface area contributed by atoms with Crippen molar-refractivity contribution in [3.8, 4) is 5.75 Å². The number of methoxy groups -OCH3 is 1. The first-order valence-corrected chi connectivity index (χ1v) is 6.85. The quantitative estimate of drug-likeness (QED) is 0.798. The molecule has 0 radical (unpaired) electrons. The third-order valence-corrected chi connectivity index (χ3v) is 3.30. The van der Waals surface area contributed by atoms with Crippen LogP contribution in [0.4, 0.5) is 0 Å². The molecule has 0 aliphatic carbocycles. The van der Waals surface area contributed by atoms with Crippen molar-refractivity contribution in [2.24, 2.45) is 11.7 Å². The molecule has 0 fully saturated rings. The van der Waals surface area contributed by atoms with Gasteiger partial charge in [-0.2, -0.15) is 0 Å². The van der Waals surface area contributed by atoms with Gasteiger partial charge in [-0.1, -0.05) is 38.8 Å². The Morgan fingerprint density at radius 2 is 1.83 bits per heavy atom. The SMILES string of the molecule is COc1ccc(CC(C)(N)CCCC(C)C)cc1. The van der Waals surface area contributed by atoms with Gasteiger partial charge in [0.1, 0.15) is 5.75 Å². The summed E-state index contributed by atoms with van der Waals surface area (Å²) in [6.45, 7) is 6.67. The predicted molar refractivity (Wildman–Crippen MR) is 78.0 cm³/mol. The van der Waals surface area contributed by atoms with Gasteiger partial charge in [-0.25, -0.2) is 0 Å². The maximum Gasteiger partial charge on any atom is 0.118 e. The number of hydrogen-bond donors (Lipinski definition) is 1. The van der Waals surface area contributed by atoms with E-state index in [0.717, 1.165) is 24.5 Å². The second-order valence-corrected chi connectivity index (χ2v) is 5.96. The monoisotopic (exact) mass is 249 g/mol. The van der Waals surface area contributed by atoms with Crippen molar-refractivity contribution in [1.82, 2.24) is 0 Å². The van der Waals surface area contributed by atoms with E-state index in [9.17, 15) is 0 Å². The zero-order valence-corrected chi connectivity index (χ0v) is 12.2. The molecule has 1 aromatic carbocycles. The van der Waals surface area contributed by atoms with Crippen molar-refractivity contribution in [3.05, 3.63) is 29.8 Å². The molecule has 18 heavy (non-hydrogen) atoms. The number of ether oxygens (including phenoxy) is 1. The first-order chi connectivity index (χ1) is 8.43. The Bertz CT molecular complexity index is 341. The molecular formula is C16H27NO. The van der Waals surface area contributed by atoms with Crippen molar-refractivity contribution < 1.29 is 4.74 Å². The average Bonchev–Trinajstić information content (AvgIpc) is 2.28. The second kappa shape index (κ2) is 6.79. The van der Waals surface area contributed by atoms with E-state index in [1.807, 2.05) is 12.1 Å². The van der Waals surface area contributed by atoms with Crippen LogP contribution in [0.1, 0.15) is 45.6 Å². The van der Waals surface area contributed by atoms with Crippen molar-refractivity contribution in [2.75, 3.05) is 7.11 Å². The highest BCUT2D eigenvalue weighted by atomic mass is 16.5. The molecule has 0 aliphatic rings. The summed E-state index contributed by atoms with van der Waals surface area (Å²) in [6, 6.07) is 8.21.